The maximum absolute atomic E-state index is 12.0. The first kappa shape index (κ1) is 16.6. The first-order chi connectivity index (χ1) is 10.5. The molecule has 0 spiro atoms. The number of carbonyl (C=O) groups excluding carboxylic acids is 2. The lowest BCUT2D eigenvalue weighted by atomic mass is 9.96. The number of ether oxygens (including phenoxy) is 1. The molecule has 0 bridgehead atoms. The molecule has 1 aliphatic heterocycles. The van der Waals surface area contributed by atoms with Crippen LogP contribution in [0.1, 0.15) is 12.8 Å². The Hall–Kier alpha value is -1.79. The van der Waals surface area contributed by atoms with Crippen molar-refractivity contribution in [3.05, 3.63) is 23.2 Å². The molecule has 0 aliphatic carbocycles. The minimum atomic E-state index is -0.253. The minimum absolute atomic E-state index is 0.0697. The lowest BCUT2D eigenvalue weighted by molar-refractivity contribution is -0.123. The Kier molecular flexibility index (Phi) is 5.63. The van der Waals surface area contributed by atoms with Crippen molar-refractivity contribution in [2.75, 3.05) is 32.1 Å². The number of nitrogens with zero attached hydrogens (tertiary/aromatic N) is 1. The number of likely N-dealkylation sites (tertiary alicyclic amines) is 1. The fourth-order valence-electron chi connectivity index (χ4n) is 2.52. The number of anilines is 1. The summed E-state index contributed by atoms with van der Waals surface area (Å²) in [5.74, 6) is 0.128. The Labute approximate surface area is 134 Å². The van der Waals surface area contributed by atoms with E-state index in [0.29, 0.717) is 42.4 Å². The summed E-state index contributed by atoms with van der Waals surface area (Å²) < 4.78 is 5.07. The second-order valence-electron chi connectivity index (χ2n) is 5.35. The highest BCUT2D eigenvalue weighted by molar-refractivity contribution is 6.32. The molecule has 0 saturated carbocycles. The van der Waals surface area contributed by atoms with E-state index in [-0.39, 0.29) is 24.3 Å². The molecule has 22 heavy (non-hydrogen) atoms. The van der Waals surface area contributed by atoms with Crippen LogP contribution < -0.4 is 15.8 Å². The number of nitrogens with two attached hydrogens (primary N) is 1. The van der Waals surface area contributed by atoms with Crippen LogP contribution >= 0.6 is 11.6 Å². The van der Waals surface area contributed by atoms with Gasteiger partial charge in [0.25, 0.3) is 0 Å². The summed E-state index contributed by atoms with van der Waals surface area (Å²) in [6, 6.07) is 5.09. The van der Waals surface area contributed by atoms with Crippen molar-refractivity contribution >= 4 is 29.1 Å². The van der Waals surface area contributed by atoms with Gasteiger partial charge in [0.05, 0.1) is 18.7 Å². The first-order valence-corrected chi connectivity index (χ1v) is 7.52. The molecule has 1 aromatic carbocycles. The molecule has 6 nitrogen and oxygen atoms in total. The highest BCUT2D eigenvalue weighted by Gasteiger charge is 2.24. The average Bonchev–Trinajstić information content (AvgIpc) is 2.48. The van der Waals surface area contributed by atoms with Crippen molar-refractivity contribution in [1.29, 1.82) is 0 Å². The van der Waals surface area contributed by atoms with Crippen LogP contribution in [0.5, 0.6) is 5.75 Å². The number of carbonyl (C=O) groups is 2. The van der Waals surface area contributed by atoms with E-state index in [9.17, 15) is 9.59 Å². The smallest absolute Gasteiger partial charge is 0.238 e. The summed E-state index contributed by atoms with van der Waals surface area (Å²) in [6.45, 7) is 1.68. The van der Waals surface area contributed by atoms with E-state index >= 15 is 0 Å². The summed E-state index contributed by atoms with van der Waals surface area (Å²) in [5, 5.41) is 3.25. The van der Waals surface area contributed by atoms with E-state index in [1.54, 1.807) is 18.2 Å². The molecule has 7 heteroatoms. The molecule has 2 amide bonds. The Morgan fingerprint density at radius 3 is 2.64 bits per heavy atom. The van der Waals surface area contributed by atoms with Crippen molar-refractivity contribution in [2.24, 2.45) is 11.7 Å². The number of benzene rings is 1. The van der Waals surface area contributed by atoms with Gasteiger partial charge in [0.15, 0.2) is 0 Å². The van der Waals surface area contributed by atoms with Gasteiger partial charge in [0, 0.05) is 11.6 Å². The van der Waals surface area contributed by atoms with Gasteiger partial charge in [-0.05, 0) is 44.1 Å². The van der Waals surface area contributed by atoms with Gasteiger partial charge in [0.1, 0.15) is 5.75 Å². The molecule has 2 rings (SSSR count). The molecule has 3 N–H and O–H groups in total. The monoisotopic (exact) mass is 325 g/mol. The summed E-state index contributed by atoms with van der Waals surface area (Å²) in [6.07, 6.45) is 1.41. The van der Waals surface area contributed by atoms with Gasteiger partial charge in [-0.2, -0.15) is 0 Å². The number of piperidine rings is 1. The Morgan fingerprint density at radius 2 is 2.09 bits per heavy atom. The van der Waals surface area contributed by atoms with Gasteiger partial charge < -0.3 is 15.8 Å². The number of nitrogens with one attached hydrogen (secondary N) is 1. The zero-order valence-corrected chi connectivity index (χ0v) is 13.2. The number of halogens is 1. The zero-order chi connectivity index (χ0) is 16.1. The third kappa shape index (κ3) is 4.35. The lowest BCUT2D eigenvalue weighted by Crippen LogP contribution is -2.42. The number of methoxy groups -OCH3 is 1. The highest BCUT2D eigenvalue weighted by atomic mass is 35.5. The van der Waals surface area contributed by atoms with Gasteiger partial charge in [-0.3, -0.25) is 14.5 Å². The van der Waals surface area contributed by atoms with Crippen LogP contribution in [0.25, 0.3) is 0 Å². The second kappa shape index (κ2) is 7.47. The van der Waals surface area contributed by atoms with Crippen LogP contribution in [0.15, 0.2) is 18.2 Å². The standard InChI is InChI=1S/C15H20ClN3O3/c1-22-13-3-2-11(8-12(13)16)18-14(20)9-19-6-4-10(5-7-19)15(17)21/h2-3,8,10H,4-7,9H2,1H3,(H2,17,21)(H,18,20). The summed E-state index contributed by atoms with van der Waals surface area (Å²) >= 11 is 6.02. The van der Waals surface area contributed by atoms with Crippen LogP contribution in [-0.4, -0.2) is 43.5 Å². The lowest BCUT2D eigenvalue weighted by Gasteiger charge is -2.29. The van der Waals surface area contributed by atoms with E-state index < -0.39 is 0 Å². The van der Waals surface area contributed by atoms with Crippen LogP contribution in [0.3, 0.4) is 0 Å². The molecule has 0 radical (unpaired) electrons. The van der Waals surface area contributed by atoms with E-state index in [0.717, 1.165) is 0 Å². The van der Waals surface area contributed by atoms with Gasteiger partial charge in [-0.25, -0.2) is 0 Å². The predicted molar refractivity (Wildman–Crippen MR) is 85.0 cm³/mol. The largest absolute Gasteiger partial charge is 0.495 e. The minimum Gasteiger partial charge on any atom is -0.495 e. The number of amides is 2. The Bertz CT molecular complexity index is 557. The average molecular weight is 326 g/mol. The molecule has 1 fully saturated rings. The maximum atomic E-state index is 12.0. The molecule has 1 saturated heterocycles. The third-order valence-electron chi connectivity index (χ3n) is 3.79. The Balaban J connectivity index is 1.83. The Morgan fingerprint density at radius 1 is 1.41 bits per heavy atom. The van der Waals surface area contributed by atoms with E-state index in [1.165, 1.54) is 7.11 Å². The van der Waals surface area contributed by atoms with Crippen molar-refractivity contribution < 1.29 is 14.3 Å². The van der Waals surface area contributed by atoms with E-state index in [4.69, 9.17) is 22.1 Å². The fraction of sp³-hybridized carbons (Fsp3) is 0.467. The van der Waals surface area contributed by atoms with Gasteiger partial charge in [-0.15, -0.1) is 0 Å². The molecule has 1 aromatic rings. The summed E-state index contributed by atoms with van der Waals surface area (Å²) in [7, 11) is 1.54. The zero-order valence-electron chi connectivity index (χ0n) is 12.5. The first-order valence-electron chi connectivity index (χ1n) is 7.14. The molecule has 0 atom stereocenters. The van der Waals surface area contributed by atoms with Crippen molar-refractivity contribution in [1.82, 2.24) is 4.90 Å². The van der Waals surface area contributed by atoms with Crippen LogP contribution in [-0.2, 0) is 9.59 Å². The molecule has 1 aliphatic rings. The molecular weight excluding hydrogens is 306 g/mol. The van der Waals surface area contributed by atoms with Gasteiger partial charge in [-0.1, -0.05) is 11.6 Å². The van der Waals surface area contributed by atoms with E-state index in [2.05, 4.69) is 5.32 Å². The third-order valence-corrected chi connectivity index (χ3v) is 4.09. The number of hydrogen-bond acceptors (Lipinski definition) is 4. The van der Waals surface area contributed by atoms with Gasteiger partial charge in [0.2, 0.25) is 11.8 Å². The van der Waals surface area contributed by atoms with Crippen LogP contribution in [0.2, 0.25) is 5.02 Å². The molecule has 120 valence electrons. The maximum Gasteiger partial charge on any atom is 0.238 e. The van der Waals surface area contributed by atoms with Gasteiger partial charge >= 0.3 is 0 Å². The fourth-order valence-corrected chi connectivity index (χ4v) is 2.78. The number of rotatable bonds is 5. The quantitative estimate of drug-likeness (QED) is 0.859. The van der Waals surface area contributed by atoms with E-state index in [1.807, 2.05) is 4.90 Å². The van der Waals surface area contributed by atoms with Crippen molar-refractivity contribution in [2.45, 2.75) is 12.8 Å². The topological polar surface area (TPSA) is 84.7 Å². The highest BCUT2D eigenvalue weighted by Crippen LogP contribution is 2.27. The van der Waals surface area contributed by atoms with Crippen molar-refractivity contribution in [3.8, 4) is 5.75 Å². The van der Waals surface area contributed by atoms with Crippen LogP contribution in [0.4, 0.5) is 5.69 Å². The number of primary amides is 1. The molecule has 1 heterocycles. The molecule has 0 aromatic heterocycles. The summed E-state index contributed by atoms with van der Waals surface area (Å²) in [5.41, 5.74) is 5.92. The SMILES string of the molecule is COc1ccc(NC(=O)CN2CCC(C(N)=O)CC2)cc1Cl. The second-order valence-corrected chi connectivity index (χ2v) is 5.76. The van der Waals surface area contributed by atoms with Crippen molar-refractivity contribution in [3.63, 3.8) is 0 Å². The summed E-state index contributed by atoms with van der Waals surface area (Å²) in [4.78, 5) is 25.2. The normalized spacial score (nSPS) is 16.3. The predicted octanol–water partition coefficient (Wildman–Crippen LogP) is 1.48. The number of hydrogen-bond donors (Lipinski definition) is 2. The van der Waals surface area contributed by atoms with Crippen LogP contribution in [0, 0.1) is 5.92 Å². The molecule has 0 unspecified atom stereocenters. The molecular formula is C15H20ClN3O3.